The third kappa shape index (κ3) is 3.18. The molecule has 0 saturated carbocycles. The molecule has 92 valence electrons. The van der Waals surface area contributed by atoms with Gasteiger partial charge in [-0.1, -0.05) is 0 Å². The molecule has 1 saturated heterocycles. The maximum absolute atomic E-state index is 11.7. The zero-order valence-electron chi connectivity index (χ0n) is 9.26. The minimum atomic E-state index is -1.07. The van der Waals surface area contributed by atoms with Gasteiger partial charge in [0.1, 0.15) is 6.04 Å². The maximum atomic E-state index is 11.7. The molecule has 0 bridgehead atoms. The average molecular weight is 231 g/mol. The molecule has 1 heterocycles. The number of amides is 1. The summed E-state index contributed by atoms with van der Waals surface area (Å²) in [4.78, 5) is 23.7. The van der Waals surface area contributed by atoms with Crippen molar-refractivity contribution >= 4 is 11.9 Å². The standard InChI is InChI=1S/C10H17NO5/c1-2-16-4-3-9(13)11-6-7(12)5-8(11)10(14)15/h7-8,12H,2-6H2,1H3,(H,14,15)/t7-,8-/m0/s1. The lowest BCUT2D eigenvalue weighted by Gasteiger charge is -2.20. The van der Waals surface area contributed by atoms with E-state index in [0.717, 1.165) is 0 Å². The van der Waals surface area contributed by atoms with E-state index in [1.165, 1.54) is 4.90 Å². The summed E-state index contributed by atoms with van der Waals surface area (Å²) in [5.41, 5.74) is 0. The fourth-order valence-corrected chi connectivity index (χ4v) is 1.77. The van der Waals surface area contributed by atoms with Gasteiger partial charge in [0.2, 0.25) is 5.91 Å². The molecule has 6 heteroatoms. The third-order valence-electron chi connectivity index (χ3n) is 2.55. The lowest BCUT2D eigenvalue weighted by Crippen LogP contribution is -2.40. The van der Waals surface area contributed by atoms with Crippen molar-refractivity contribution in [3.05, 3.63) is 0 Å². The predicted molar refractivity (Wildman–Crippen MR) is 54.9 cm³/mol. The SMILES string of the molecule is CCOCCC(=O)N1C[C@@H](O)C[C@H]1C(=O)O. The molecule has 0 aliphatic carbocycles. The molecule has 0 spiro atoms. The van der Waals surface area contributed by atoms with Crippen LogP contribution in [0.25, 0.3) is 0 Å². The van der Waals surface area contributed by atoms with E-state index >= 15 is 0 Å². The van der Waals surface area contributed by atoms with Gasteiger partial charge in [-0.25, -0.2) is 4.79 Å². The van der Waals surface area contributed by atoms with Gasteiger partial charge in [-0.3, -0.25) is 4.79 Å². The van der Waals surface area contributed by atoms with E-state index in [9.17, 15) is 14.7 Å². The van der Waals surface area contributed by atoms with E-state index in [0.29, 0.717) is 6.61 Å². The van der Waals surface area contributed by atoms with E-state index in [-0.39, 0.29) is 31.9 Å². The normalized spacial score (nSPS) is 24.8. The molecule has 6 nitrogen and oxygen atoms in total. The molecule has 0 radical (unpaired) electrons. The van der Waals surface area contributed by atoms with Crippen LogP contribution in [0.2, 0.25) is 0 Å². The van der Waals surface area contributed by atoms with Crippen LogP contribution < -0.4 is 0 Å². The minimum Gasteiger partial charge on any atom is -0.480 e. The van der Waals surface area contributed by atoms with Gasteiger partial charge in [0.05, 0.1) is 19.1 Å². The molecule has 1 amide bonds. The van der Waals surface area contributed by atoms with Gasteiger partial charge in [-0.05, 0) is 6.92 Å². The molecule has 1 fully saturated rings. The molecule has 0 aromatic rings. The van der Waals surface area contributed by atoms with Crippen LogP contribution in [0, 0.1) is 0 Å². The van der Waals surface area contributed by atoms with Crippen molar-refractivity contribution in [3.63, 3.8) is 0 Å². The lowest BCUT2D eigenvalue weighted by molar-refractivity contribution is -0.148. The summed E-state index contributed by atoms with van der Waals surface area (Å²) in [6.45, 7) is 2.73. The van der Waals surface area contributed by atoms with E-state index in [1.807, 2.05) is 6.92 Å². The van der Waals surface area contributed by atoms with Crippen LogP contribution in [0.1, 0.15) is 19.8 Å². The number of hydrogen-bond acceptors (Lipinski definition) is 4. The Balaban J connectivity index is 2.50. The van der Waals surface area contributed by atoms with Gasteiger partial charge in [0.25, 0.3) is 0 Å². The first kappa shape index (κ1) is 12.9. The summed E-state index contributed by atoms with van der Waals surface area (Å²) in [5, 5.41) is 18.2. The molecular formula is C10H17NO5. The van der Waals surface area contributed by atoms with Crippen LogP contribution >= 0.6 is 0 Å². The molecule has 1 aliphatic heterocycles. The molecule has 0 aromatic carbocycles. The Hall–Kier alpha value is -1.14. The molecular weight excluding hydrogens is 214 g/mol. The number of nitrogens with zero attached hydrogens (tertiary/aromatic N) is 1. The summed E-state index contributed by atoms with van der Waals surface area (Å²) in [5.74, 6) is -1.35. The second-order valence-electron chi connectivity index (χ2n) is 3.74. The van der Waals surface area contributed by atoms with Crippen molar-refractivity contribution in [3.8, 4) is 0 Å². The van der Waals surface area contributed by atoms with E-state index < -0.39 is 18.1 Å². The number of carboxylic acid groups (broad SMARTS) is 1. The number of β-amino-alcohol motifs (C(OH)–C–C–N with tert-alkyl or cyclic N) is 1. The van der Waals surface area contributed by atoms with Crippen LogP contribution in [0.3, 0.4) is 0 Å². The Kier molecular flexibility index (Phi) is 4.70. The first-order valence-electron chi connectivity index (χ1n) is 5.34. The maximum Gasteiger partial charge on any atom is 0.326 e. The summed E-state index contributed by atoms with van der Waals surface area (Å²) < 4.78 is 5.03. The number of ether oxygens (including phenoxy) is 1. The number of aliphatic hydroxyl groups excluding tert-OH is 1. The minimum absolute atomic E-state index is 0.0991. The highest BCUT2D eigenvalue weighted by Gasteiger charge is 2.38. The molecule has 1 rings (SSSR count). The van der Waals surface area contributed by atoms with Gasteiger partial charge >= 0.3 is 5.97 Å². The monoisotopic (exact) mass is 231 g/mol. The Labute approximate surface area is 93.8 Å². The number of carboxylic acids is 1. The highest BCUT2D eigenvalue weighted by Crippen LogP contribution is 2.19. The van der Waals surface area contributed by atoms with Crippen LogP contribution in [-0.4, -0.2) is 58.9 Å². The van der Waals surface area contributed by atoms with Crippen molar-refractivity contribution in [2.45, 2.75) is 31.9 Å². The zero-order valence-corrected chi connectivity index (χ0v) is 9.26. The number of carbonyl (C=O) groups is 2. The first-order chi connectivity index (χ1) is 7.56. The quantitative estimate of drug-likeness (QED) is 0.620. The highest BCUT2D eigenvalue weighted by atomic mass is 16.5. The molecule has 2 N–H and O–H groups in total. The molecule has 0 unspecified atom stereocenters. The summed E-state index contributed by atoms with van der Waals surface area (Å²) in [6, 6.07) is -0.899. The summed E-state index contributed by atoms with van der Waals surface area (Å²) >= 11 is 0. The Bertz CT molecular complexity index is 268. The van der Waals surface area contributed by atoms with E-state index in [4.69, 9.17) is 9.84 Å². The topological polar surface area (TPSA) is 87.1 Å². The highest BCUT2D eigenvalue weighted by molar-refractivity contribution is 5.84. The van der Waals surface area contributed by atoms with Crippen LogP contribution in [0.5, 0.6) is 0 Å². The van der Waals surface area contributed by atoms with Crippen molar-refractivity contribution < 1.29 is 24.5 Å². The first-order valence-corrected chi connectivity index (χ1v) is 5.34. The number of hydrogen-bond donors (Lipinski definition) is 2. The van der Waals surface area contributed by atoms with Crippen molar-refractivity contribution in [2.75, 3.05) is 19.8 Å². The van der Waals surface area contributed by atoms with Crippen molar-refractivity contribution in [1.29, 1.82) is 0 Å². The largest absolute Gasteiger partial charge is 0.480 e. The second-order valence-corrected chi connectivity index (χ2v) is 3.74. The van der Waals surface area contributed by atoms with Gasteiger partial charge in [-0.2, -0.15) is 0 Å². The number of carbonyl (C=O) groups excluding carboxylic acids is 1. The molecule has 16 heavy (non-hydrogen) atoms. The molecule has 1 aliphatic rings. The number of likely N-dealkylation sites (tertiary alicyclic amines) is 1. The van der Waals surface area contributed by atoms with Crippen LogP contribution in [0.15, 0.2) is 0 Å². The zero-order chi connectivity index (χ0) is 12.1. The van der Waals surface area contributed by atoms with Gasteiger partial charge in [0, 0.05) is 19.6 Å². The predicted octanol–water partition coefficient (Wildman–Crippen LogP) is -0.541. The van der Waals surface area contributed by atoms with Crippen LogP contribution in [0.4, 0.5) is 0 Å². The van der Waals surface area contributed by atoms with Gasteiger partial charge in [-0.15, -0.1) is 0 Å². The lowest BCUT2D eigenvalue weighted by atomic mass is 10.2. The Morgan fingerprint density at radius 1 is 1.50 bits per heavy atom. The van der Waals surface area contributed by atoms with Gasteiger partial charge < -0.3 is 19.8 Å². The summed E-state index contributed by atoms with van der Waals surface area (Å²) in [6.07, 6.45) is -0.475. The van der Waals surface area contributed by atoms with Crippen molar-refractivity contribution in [2.24, 2.45) is 0 Å². The Morgan fingerprint density at radius 2 is 2.19 bits per heavy atom. The van der Waals surface area contributed by atoms with E-state index in [1.54, 1.807) is 0 Å². The van der Waals surface area contributed by atoms with E-state index in [2.05, 4.69) is 0 Å². The Morgan fingerprint density at radius 3 is 2.75 bits per heavy atom. The average Bonchev–Trinajstić information content (AvgIpc) is 2.61. The number of rotatable bonds is 5. The molecule has 0 aromatic heterocycles. The number of aliphatic hydroxyl groups is 1. The second kappa shape index (κ2) is 5.81. The fourth-order valence-electron chi connectivity index (χ4n) is 1.77. The van der Waals surface area contributed by atoms with Crippen molar-refractivity contribution in [1.82, 2.24) is 4.90 Å². The summed E-state index contributed by atoms with van der Waals surface area (Å²) in [7, 11) is 0. The molecule has 2 atom stereocenters. The number of aliphatic carboxylic acids is 1. The third-order valence-corrected chi connectivity index (χ3v) is 2.55. The van der Waals surface area contributed by atoms with Crippen LogP contribution in [-0.2, 0) is 14.3 Å². The fraction of sp³-hybridized carbons (Fsp3) is 0.800. The smallest absolute Gasteiger partial charge is 0.326 e. The van der Waals surface area contributed by atoms with Gasteiger partial charge in [0.15, 0.2) is 0 Å².